The van der Waals surface area contributed by atoms with Crippen LogP contribution in [-0.2, 0) is 16.1 Å². The van der Waals surface area contributed by atoms with Crippen molar-refractivity contribution >= 4 is 11.8 Å². The van der Waals surface area contributed by atoms with Gasteiger partial charge in [-0.25, -0.2) is 4.39 Å². The number of piperidine rings is 1. The first kappa shape index (κ1) is 17.1. The van der Waals surface area contributed by atoms with Gasteiger partial charge < -0.3 is 10.2 Å². The van der Waals surface area contributed by atoms with Crippen LogP contribution in [0.15, 0.2) is 48.8 Å². The van der Waals surface area contributed by atoms with Gasteiger partial charge in [0.05, 0.1) is 12.0 Å². The Morgan fingerprint density at radius 2 is 2.08 bits per heavy atom. The number of likely N-dealkylation sites (tertiary alicyclic amines) is 1. The van der Waals surface area contributed by atoms with Gasteiger partial charge >= 0.3 is 0 Å². The first-order valence-electron chi connectivity index (χ1n) is 8.24. The van der Waals surface area contributed by atoms with Gasteiger partial charge in [0.15, 0.2) is 0 Å². The second-order valence-electron chi connectivity index (χ2n) is 6.23. The molecule has 5 nitrogen and oxygen atoms in total. The largest absolute Gasteiger partial charge is 0.352 e. The van der Waals surface area contributed by atoms with Crippen LogP contribution in [0.2, 0.25) is 0 Å². The molecule has 130 valence electrons. The van der Waals surface area contributed by atoms with Crippen LogP contribution in [0.25, 0.3) is 0 Å². The monoisotopic (exact) mass is 341 g/mol. The molecule has 6 heteroatoms. The zero-order valence-corrected chi connectivity index (χ0v) is 14.0. The highest BCUT2D eigenvalue weighted by molar-refractivity contribution is 5.84. The summed E-state index contributed by atoms with van der Waals surface area (Å²) < 4.78 is 13.2. The molecule has 1 N–H and O–H groups in total. The number of hydrogen-bond donors (Lipinski definition) is 1. The van der Waals surface area contributed by atoms with Crippen molar-refractivity contribution in [2.75, 3.05) is 7.05 Å². The summed E-state index contributed by atoms with van der Waals surface area (Å²) in [5.41, 5.74) is 1.67. The van der Waals surface area contributed by atoms with Crippen molar-refractivity contribution < 1.29 is 14.0 Å². The van der Waals surface area contributed by atoms with Gasteiger partial charge in [0.25, 0.3) is 0 Å². The van der Waals surface area contributed by atoms with E-state index in [1.165, 1.54) is 12.1 Å². The lowest BCUT2D eigenvalue weighted by Crippen LogP contribution is -2.46. The fraction of sp³-hybridized carbons (Fsp3) is 0.316. The summed E-state index contributed by atoms with van der Waals surface area (Å²) in [4.78, 5) is 30.5. The minimum absolute atomic E-state index is 0.00867. The van der Waals surface area contributed by atoms with Gasteiger partial charge in [0.2, 0.25) is 11.8 Å². The lowest BCUT2D eigenvalue weighted by Gasteiger charge is -2.38. The third kappa shape index (κ3) is 3.84. The SMILES string of the molecule is CN1C(=O)CC[C@@H](C(=O)NCc2cccnc2)[C@@H]1c1ccc(F)cc1. The molecule has 0 unspecified atom stereocenters. The van der Waals surface area contributed by atoms with Crippen molar-refractivity contribution in [1.82, 2.24) is 15.2 Å². The van der Waals surface area contributed by atoms with Gasteiger partial charge in [-0.2, -0.15) is 0 Å². The van der Waals surface area contributed by atoms with Crippen molar-refractivity contribution in [2.45, 2.75) is 25.4 Å². The quantitative estimate of drug-likeness (QED) is 0.929. The first-order valence-corrected chi connectivity index (χ1v) is 8.24. The molecule has 1 aromatic heterocycles. The van der Waals surface area contributed by atoms with Crippen LogP contribution in [0.4, 0.5) is 4.39 Å². The number of nitrogens with one attached hydrogen (secondary N) is 1. The Morgan fingerprint density at radius 1 is 1.32 bits per heavy atom. The van der Waals surface area contributed by atoms with Gasteiger partial charge in [-0.05, 0) is 35.7 Å². The number of benzene rings is 1. The first-order chi connectivity index (χ1) is 12.1. The third-order valence-electron chi connectivity index (χ3n) is 4.60. The zero-order chi connectivity index (χ0) is 17.8. The zero-order valence-electron chi connectivity index (χ0n) is 14.0. The highest BCUT2D eigenvalue weighted by Crippen LogP contribution is 2.35. The van der Waals surface area contributed by atoms with E-state index in [2.05, 4.69) is 10.3 Å². The number of carbonyl (C=O) groups excluding carboxylic acids is 2. The Bertz CT molecular complexity index is 749. The highest BCUT2D eigenvalue weighted by Gasteiger charge is 2.38. The number of hydrogen-bond acceptors (Lipinski definition) is 3. The van der Waals surface area contributed by atoms with E-state index in [4.69, 9.17) is 0 Å². The molecular weight excluding hydrogens is 321 g/mol. The third-order valence-corrected chi connectivity index (χ3v) is 4.60. The summed E-state index contributed by atoms with van der Waals surface area (Å²) in [6, 6.07) is 9.29. The average molecular weight is 341 g/mol. The molecular formula is C19H20FN3O2. The summed E-state index contributed by atoms with van der Waals surface area (Å²) in [7, 11) is 1.69. The van der Waals surface area contributed by atoms with Crippen molar-refractivity contribution in [2.24, 2.45) is 5.92 Å². The Balaban J connectivity index is 1.78. The lowest BCUT2D eigenvalue weighted by molar-refractivity contribution is -0.141. The maximum absolute atomic E-state index is 13.2. The van der Waals surface area contributed by atoms with Crippen LogP contribution in [-0.4, -0.2) is 28.7 Å². The van der Waals surface area contributed by atoms with Gasteiger partial charge in [-0.1, -0.05) is 18.2 Å². The summed E-state index contributed by atoms with van der Waals surface area (Å²) >= 11 is 0. The van der Waals surface area contributed by atoms with Gasteiger partial charge in [-0.3, -0.25) is 14.6 Å². The molecule has 1 aromatic carbocycles. The fourth-order valence-corrected chi connectivity index (χ4v) is 3.25. The van der Waals surface area contributed by atoms with Crippen LogP contribution in [0.1, 0.15) is 30.0 Å². The smallest absolute Gasteiger partial charge is 0.225 e. The predicted octanol–water partition coefficient (Wildman–Crippen LogP) is 2.45. The average Bonchev–Trinajstić information content (AvgIpc) is 2.63. The molecule has 0 spiro atoms. The van der Waals surface area contributed by atoms with Crippen LogP contribution < -0.4 is 5.32 Å². The minimum atomic E-state index is -0.393. The number of halogens is 1. The summed E-state index contributed by atoms with van der Waals surface area (Å²) in [5, 5.41) is 2.92. The Hall–Kier alpha value is -2.76. The van der Waals surface area contributed by atoms with E-state index in [0.717, 1.165) is 11.1 Å². The molecule has 0 aliphatic carbocycles. The molecule has 2 aromatic rings. The van der Waals surface area contributed by atoms with E-state index >= 15 is 0 Å². The van der Waals surface area contributed by atoms with E-state index in [1.54, 1.807) is 36.5 Å². The Morgan fingerprint density at radius 3 is 2.76 bits per heavy atom. The molecule has 1 aliphatic rings. The normalized spacial score (nSPS) is 20.4. The highest BCUT2D eigenvalue weighted by atomic mass is 19.1. The predicted molar refractivity (Wildman–Crippen MR) is 90.7 cm³/mol. The molecule has 3 rings (SSSR count). The van der Waals surface area contributed by atoms with Crippen molar-refractivity contribution in [3.63, 3.8) is 0 Å². The van der Waals surface area contributed by atoms with E-state index in [0.29, 0.717) is 19.4 Å². The topological polar surface area (TPSA) is 62.3 Å². The molecule has 0 bridgehead atoms. The number of carbonyl (C=O) groups is 2. The van der Waals surface area contributed by atoms with Gasteiger partial charge in [0, 0.05) is 32.4 Å². The molecule has 0 radical (unpaired) electrons. The molecule has 25 heavy (non-hydrogen) atoms. The Labute approximate surface area is 145 Å². The number of nitrogens with zero attached hydrogens (tertiary/aromatic N) is 2. The van der Waals surface area contributed by atoms with Crippen molar-refractivity contribution in [1.29, 1.82) is 0 Å². The molecule has 2 heterocycles. The summed E-state index contributed by atoms with van der Waals surface area (Å²) in [5.74, 6) is -0.834. The minimum Gasteiger partial charge on any atom is -0.352 e. The van der Waals surface area contributed by atoms with Gasteiger partial charge in [0.1, 0.15) is 5.82 Å². The van der Waals surface area contributed by atoms with Crippen LogP contribution in [0.5, 0.6) is 0 Å². The second kappa shape index (κ2) is 7.42. The number of amides is 2. The molecule has 2 amide bonds. The lowest BCUT2D eigenvalue weighted by atomic mass is 9.84. The molecule has 0 saturated carbocycles. The number of pyridine rings is 1. The summed E-state index contributed by atoms with van der Waals surface area (Å²) in [6.07, 6.45) is 4.19. The van der Waals surface area contributed by atoms with E-state index < -0.39 is 6.04 Å². The van der Waals surface area contributed by atoms with Crippen molar-refractivity contribution in [3.8, 4) is 0 Å². The maximum Gasteiger partial charge on any atom is 0.225 e. The summed E-state index contributed by atoms with van der Waals surface area (Å²) in [6.45, 7) is 0.386. The van der Waals surface area contributed by atoms with Gasteiger partial charge in [-0.15, -0.1) is 0 Å². The van der Waals surface area contributed by atoms with Crippen LogP contribution in [0, 0.1) is 11.7 Å². The van der Waals surface area contributed by atoms with Crippen molar-refractivity contribution in [3.05, 3.63) is 65.7 Å². The standard InChI is InChI=1S/C19H20FN3O2/c1-23-17(24)9-8-16(18(23)14-4-6-15(20)7-5-14)19(25)22-12-13-3-2-10-21-11-13/h2-7,10-11,16,18H,8-9,12H2,1H3,(H,22,25)/t16-,18+/m1/s1. The maximum atomic E-state index is 13.2. The van der Waals surface area contributed by atoms with Crippen LogP contribution >= 0.6 is 0 Å². The van der Waals surface area contributed by atoms with E-state index in [1.807, 2.05) is 12.1 Å². The second-order valence-corrected chi connectivity index (χ2v) is 6.23. The van der Waals surface area contributed by atoms with Crippen LogP contribution in [0.3, 0.4) is 0 Å². The molecule has 1 fully saturated rings. The number of aromatic nitrogens is 1. The fourth-order valence-electron chi connectivity index (χ4n) is 3.25. The molecule has 1 aliphatic heterocycles. The molecule has 2 atom stereocenters. The van der Waals surface area contributed by atoms with E-state index in [-0.39, 0.29) is 23.5 Å². The Kier molecular flexibility index (Phi) is 5.07. The van der Waals surface area contributed by atoms with E-state index in [9.17, 15) is 14.0 Å². The number of rotatable bonds is 4. The molecule has 1 saturated heterocycles.